The quantitative estimate of drug-likeness (QED) is 0.269. The zero-order valence-corrected chi connectivity index (χ0v) is 20.6. The SMILES string of the molecule is CCOc1ccc(COC2CC=C(c3ccc(-c4ccc(OCC)c(F)c4F)cc3F)CC2)c(F)c1F. The summed E-state index contributed by atoms with van der Waals surface area (Å²) in [5.74, 6) is -5.14. The number of hydrogen-bond donors (Lipinski definition) is 0. The van der Waals surface area contributed by atoms with Crippen LogP contribution in [0, 0.1) is 29.1 Å². The second-order valence-electron chi connectivity index (χ2n) is 8.59. The molecule has 0 fully saturated rings. The minimum Gasteiger partial charge on any atom is -0.491 e. The fourth-order valence-corrected chi connectivity index (χ4v) is 4.33. The molecular formula is C29H27F5O3. The van der Waals surface area contributed by atoms with Crippen LogP contribution in [0.1, 0.15) is 44.2 Å². The maximum Gasteiger partial charge on any atom is 0.201 e. The molecule has 0 saturated heterocycles. The third-order valence-corrected chi connectivity index (χ3v) is 6.24. The van der Waals surface area contributed by atoms with Crippen molar-refractivity contribution in [1.82, 2.24) is 0 Å². The van der Waals surface area contributed by atoms with Crippen molar-refractivity contribution in [2.45, 2.75) is 45.8 Å². The molecular weight excluding hydrogens is 491 g/mol. The second-order valence-corrected chi connectivity index (χ2v) is 8.59. The van der Waals surface area contributed by atoms with Crippen LogP contribution in [0.2, 0.25) is 0 Å². The molecule has 196 valence electrons. The predicted molar refractivity (Wildman–Crippen MR) is 131 cm³/mol. The highest BCUT2D eigenvalue weighted by atomic mass is 19.2. The molecule has 1 aliphatic carbocycles. The van der Waals surface area contributed by atoms with Crippen molar-refractivity contribution in [2.24, 2.45) is 0 Å². The lowest BCUT2D eigenvalue weighted by Crippen LogP contribution is -2.16. The monoisotopic (exact) mass is 518 g/mol. The van der Waals surface area contributed by atoms with Crippen molar-refractivity contribution in [2.75, 3.05) is 13.2 Å². The van der Waals surface area contributed by atoms with E-state index in [9.17, 15) is 22.0 Å². The molecule has 3 aromatic carbocycles. The van der Waals surface area contributed by atoms with Crippen molar-refractivity contribution in [3.8, 4) is 22.6 Å². The molecule has 1 aliphatic rings. The first-order chi connectivity index (χ1) is 17.8. The summed E-state index contributed by atoms with van der Waals surface area (Å²) in [5, 5.41) is 0. The summed E-state index contributed by atoms with van der Waals surface area (Å²) >= 11 is 0. The molecule has 37 heavy (non-hydrogen) atoms. The predicted octanol–water partition coefficient (Wildman–Crippen LogP) is 8.00. The van der Waals surface area contributed by atoms with E-state index in [1.54, 1.807) is 26.0 Å². The number of rotatable bonds is 9. The first-order valence-electron chi connectivity index (χ1n) is 12.1. The van der Waals surface area contributed by atoms with E-state index in [1.807, 2.05) is 6.08 Å². The lowest BCUT2D eigenvalue weighted by Gasteiger charge is -2.23. The largest absolute Gasteiger partial charge is 0.491 e. The third kappa shape index (κ3) is 5.80. The molecule has 0 saturated carbocycles. The van der Waals surface area contributed by atoms with Crippen molar-refractivity contribution in [3.63, 3.8) is 0 Å². The zero-order chi connectivity index (χ0) is 26.5. The molecule has 0 radical (unpaired) electrons. The minimum absolute atomic E-state index is 0.0598. The molecule has 0 spiro atoms. The standard InChI is InChI=1S/C29H27F5O3/c1-3-35-24-13-8-19(26(31)28(24)33)16-37-20-9-5-17(6-10-20)21-11-7-18(15-23(21)30)22-12-14-25(36-4-2)29(34)27(22)32/h5,7-8,11-15,20H,3-4,6,9-10,16H2,1-2H3. The summed E-state index contributed by atoms with van der Waals surface area (Å²) in [6.07, 6.45) is 3.15. The maximum absolute atomic E-state index is 15.0. The van der Waals surface area contributed by atoms with Gasteiger partial charge in [-0.1, -0.05) is 18.2 Å². The van der Waals surface area contributed by atoms with E-state index >= 15 is 0 Å². The molecule has 3 nitrogen and oxygen atoms in total. The summed E-state index contributed by atoms with van der Waals surface area (Å²) in [6.45, 7) is 3.66. The van der Waals surface area contributed by atoms with Gasteiger partial charge in [-0.15, -0.1) is 0 Å². The van der Waals surface area contributed by atoms with Gasteiger partial charge in [0.25, 0.3) is 0 Å². The van der Waals surface area contributed by atoms with Crippen LogP contribution < -0.4 is 9.47 Å². The van der Waals surface area contributed by atoms with E-state index in [4.69, 9.17) is 14.2 Å². The highest BCUT2D eigenvalue weighted by Gasteiger charge is 2.21. The molecule has 0 heterocycles. The van der Waals surface area contributed by atoms with Gasteiger partial charge in [0, 0.05) is 16.7 Å². The van der Waals surface area contributed by atoms with E-state index in [1.165, 1.54) is 30.3 Å². The Morgan fingerprint density at radius 3 is 2.03 bits per heavy atom. The Kier molecular flexibility index (Phi) is 8.48. The Morgan fingerprint density at radius 2 is 1.41 bits per heavy atom. The molecule has 0 bridgehead atoms. The smallest absolute Gasteiger partial charge is 0.201 e. The minimum atomic E-state index is -1.11. The molecule has 0 aromatic heterocycles. The summed E-state index contributed by atoms with van der Waals surface area (Å²) < 4.78 is 88.0. The molecule has 0 N–H and O–H groups in total. The van der Waals surface area contributed by atoms with Crippen LogP contribution in [0.15, 0.2) is 48.5 Å². The molecule has 1 unspecified atom stereocenters. The van der Waals surface area contributed by atoms with Gasteiger partial charge in [-0.05, 0) is 74.6 Å². The van der Waals surface area contributed by atoms with Gasteiger partial charge in [0.2, 0.25) is 11.6 Å². The normalized spacial score (nSPS) is 15.4. The first-order valence-corrected chi connectivity index (χ1v) is 12.1. The highest BCUT2D eigenvalue weighted by molar-refractivity contribution is 5.72. The van der Waals surface area contributed by atoms with Gasteiger partial charge in [0.15, 0.2) is 23.1 Å². The average molecular weight is 519 g/mol. The Balaban J connectivity index is 1.42. The van der Waals surface area contributed by atoms with Crippen LogP contribution in [0.4, 0.5) is 22.0 Å². The summed E-state index contributed by atoms with van der Waals surface area (Å²) in [5.41, 5.74) is 1.38. The van der Waals surface area contributed by atoms with Crippen molar-refractivity contribution >= 4 is 5.57 Å². The highest BCUT2D eigenvalue weighted by Crippen LogP contribution is 2.35. The number of ether oxygens (including phenoxy) is 3. The summed E-state index contributed by atoms with van der Waals surface area (Å²) in [7, 11) is 0. The van der Waals surface area contributed by atoms with Crippen LogP contribution in [0.3, 0.4) is 0 Å². The molecule has 3 aromatic rings. The van der Waals surface area contributed by atoms with Crippen molar-refractivity contribution in [1.29, 1.82) is 0 Å². The summed E-state index contributed by atoms with van der Waals surface area (Å²) in [4.78, 5) is 0. The van der Waals surface area contributed by atoms with Gasteiger partial charge in [-0.25, -0.2) is 13.2 Å². The molecule has 0 amide bonds. The maximum atomic E-state index is 15.0. The van der Waals surface area contributed by atoms with Crippen LogP contribution in [-0.2, 0) is 11.3 Å². The molecule has 0 aliphatic heterocycles. The van der Waals surface area contributed by atoms with E-state index in [0.717, 1.165) is 5.57 Å². The van der Waals surface area contributed by atoms with Gasteiger partial charge in [-0.2, -0.15) is 8.78 Å². The Morgan fingerprint density at radius 1 is 0.757 bits per heavy atom. The van der Waals surface area contributed by atoms with Crippen LogP contribution >= 0.6 is 0 Å². The number of hydrogen-bond acceptors (Lipinski definition) is 3. The average Bonchev–Trinajstić information content (AvgIpc) is 2.90. The molecule has 4 rings (SSSR count). The molecule has 8 heteroatoms. The van der Waals surface area contributed by atoms with E-state index in [0.29, 0.717) is 24.8 Å². The van der Waals surface area contributed by atoms with Gasteiger partial charge < -0.3 is 14.2 Å². The number of benzene rings is 3. The summed E-state index contributed by atoms with van der Waals surface area (Å²) in [6, 6.07) is 9.76. The first kappa shape index (κ1) is 26.7. The van der Waals surface area contributed by atoms with Gasteiger partial charge in [0.1, 0.15) is 5.82 Å². The second kappa shape index (κ2) is 11.8. The van der Waals surface area contributed by atoms with E-state index < -0.39 is 29.1 Å². The lowest BCUT2D eigenvalue weighted by molar-refractivity contribution is 0.0341. The Labute approximate surface area is 212 Å². The Hall–Kier alpha value is -3.39. The van der Waals surface area contributed by atoms with Gasteiger partial charge in [0.05, 0.1) is 25.9 Å². The van der Waals surface area contributed by atoms with E-state index in [2.05, 4.69) is 0 Å². The number of allylic oxidation sites excluding steroid dienone is 1. The van der Waals surface area contributed by atoms with E-state index in [-0.39, 0.29) is 54.1 Å². The molecule has 1 atom stereocenters. The topological polar surface area (TPSA) is 27.7 Å². The fraction of sp³-hybridized carbons (Fsp3) is 0.310. The van der Waals surface area contributed by atoms with Crippen LogP contribution in [0.25, 0.3) is 16.7 Å². The van der Waals surface area contributed by atoms with Gasteiger partial charge in [-0.3, -0.25) is 0 Å². The fourth-order valence-electron chi connectivity index (χ4n) is 4.33. The Bertz CT molecular complexity index is 1310. The van der Waals surface area contributed by atoms with Crippen LogP contribution in [-0.4, -0.2) is 19.3 Å². The van der Waals surface area contributed by atoms with Gasteiger partial charge >= 0.3 is 0 Å². The third-order valence-electron chi connectivity index (χ3n) is 6.24. The lowest BCUT2D eigenvalue weighted by atomic mass is 9.90. The number of halogens is 5. The zero-order valence-electron chi connectivity index (χ0n) is 20.6. The van der Waals surface area contributed by atoms with Crippen molar-refractivity contribution < 1.29 is 36.2 Å². The van der Waals surface area contributed by atoms with Crippen LogP contribution in [0.5, 0.6) is 11.5 Å². The van der Waals surface area contributed by atoms with Crippen molar-refractivity contribution in [3.05, 3.63) is 88.8 Å².